The van der Waals surface area contributed by atoms with Crippen molar-refractivity contribution >= 4 is 28.1 Å². The molecule has 0 saturated heterocycles. The van der Waals surface area contributed by atoms with Crippen LogP contribution in [0.4, 0.5) is 11.4 Å². The number of pyridine rings is 1. The Morgan fingerprint density at radius 1 is 1.14 bits per heavy atom. The van der Waals surface area contributed by atoms with Gasteiger partial charge in [0.1, 0.15) is 5.69 Å². The number of rotatable bonds is 2. The molecule has 3 N–H and O–H groups in total. The van der Waals surface area contributed by atoms with Crippen molar-refractivity contribution in [2.45, 2.75) is 0 Å². The average Bonchev–Trinajstić information content (AvgIpc) is 2.55. The van der Waals surface area contributed by atoms with E-state index in [1.165, 1.54) is 0 Å². The molecule has 22 heavy (non-hydrogen) atoms. The molecule has 0 radical (unpaired) electrons. The topological polar surface area (TPSA) is 91.8 Å². The van der Waals surface area contributed by atoms with Crippen molar-refractivity contribution in [3.8, 4) is 6.07 Å². The number of carbonyl (C=O) groups excluding carboxylic acids is 1. The number of anilines is 2. The highest BCUT2D eigenvalue weighted by molar-refractivity contribution is 6.13. The first kappa shape index (κ1) is 13.6. The highest BCUT2D eigenvalue weighted by Crippen LogP contribution is 2.23. The Kier molecular flexibility index (Phi) is 3.42. The maximum Gasteiger partial charge on any atom is 0.274 e. The van der Waals surface area contributed by atoms with Crippen LogP contribution in [0.25, 0.3) is 10.8 Å². The van der Waals surface area contributed by atoms with E-state index in [-0.39, 0.29) is 5.91 Å². The number of hydrogen-bond donors (Lipinski definition) is 2. The summed E-state index contributed by atoms with van der Waals surface area (Å²) in [6.45, 7) is 0. The minimum atomic E-state index is -0.341. The monoisotopic (exact) mass is 288 g/mol. The summed E-state index contributed by atoms with van der Waals surface area (Å²) in [7, 11) is 0. The van der Waals surface area contributed by atoms with E-state index in [9.17, 15) is 4.79 Å². The lowest BCUT2D eigenvalue weighted by molar-refractivity contribution is 0.102. The summed E-state index contributed by atoms with van der Waals surface area (Å²) >= 11 is 0. The first-order chi connectivity index (χ1) is 10.7. The van der Waals surface area contributed by atoms with Gasteiger partial charge >= 0.3 is 0 Å². The second-order valence-electron chi connectivity index (χ2n) is 4.75. The van der Waals surface area contributed by atoms with Gasteiger partial charge in [0, 0.05) is 28.3 Å². The van der Waals surface area contributed by atoms with Crippen molar-refractivity contribution in [1.82, 2.24) is 4.98 Å². The predicted octanol–water partition coefficient (Wildman–Crippen LogP) is 2.94. The lowest BCUT2D eigenvalue weighted by Crippen LogP contribution is -2.14. The molecule has 3 rings (SSSR count). The molecule has 0 aliphatic carbocycles. The lowest BCUT2D eigenvalue weighted by atomic mass is 10.1. The number of hydrogen-bond acceptors (Lipinski definition) is 4. The first-order valence-electron chi connectivity index (χ1n) is 6.64. The Morgan fingerprint density at radius 2 is 1.95 bits per heavy atom. The largest absolute Gasteiger partial charge is 0.398 e. The van der Waals surface area contributed by atoms with Crippen LogP contribution in [0.15, 0.2) is 54.7 Å². The van der Waals surface area contributed by atoms with Gasteiger partial charge in [-0.1, -0.05) is 18.2 Å². The zero-order chi connectivity index (χ0) is 15.5. The molecule has 5 heteroatoms. The number of nitrogens with zero attached hydrogens (tertiary/aromatic N) is 2. The van der Waals surface area contributed by atoms with Gasteiger partial charge in [-0.3, -0.25) is 9.78 Å². The standard InChI is InChI=1S/C17H12N4O/c18-10-11-3-1-4-12(9-11)21-17(22)16-14-5-2-6-15(19)13(14)7-8-20-16/h1-9H,19H2,(H,21,22). The first-order valence-corrected chi connectivity index (χ1v) is 6.64. The van der Waals surface area contributed by atoms with Crippen LogP contribution in [-0.2, 0) is 0 Å². The molecule has 3 aromatic rings. The second kappa shape index (κ2) is 5.54. The number of nitrogen functional groups attached to an aromatic ring is 1. The van der Waals surface area contributed by atoms with E-state index in [2.05, 4.69) is 10.3 Å². The van der Waals surface area contributed by atoms with Gasteiger partial charge in [-0.2, -0.15) is 5.26 Å². The normalized spacial score (nSPS) is 10.1. The zero-order valence-electron chi connectivity index (χ0n) is 11.6. The van der Waals surface area contributed by atoms with Gasteiger partial charge in [0.05, 0.1) is 11.6 Å². The third kappa shape index (κ3) is 2.45. The maximum absolute atomic E-state index is 12.4. The number of amides is 1. The van der Waals surface area contributed by atoms with Crippen LogP contribution < -0.4 is 11.1 Å². The Bertz CT molecular complexity index is 912. The number of aromatic nitrogens is 1. The quantitative estimate of drug-likeness (QED) is 0.709. The molecule has 0 bridgehead atoms. The number of benzene rings is 2. The summed E-state index contributed by atoms with van der Waals surface area (Å²) in [5.74, 6) is -0.341. The SMILES string of the molecule is N#Cc1cccc(NC(=O)c2nccc3c(N)cccc23)c1. The van der Waals surface area contributed by atoms with Crippen molar-refractivity contribution in [2.75, 3.05) is 11.1 Å². The van der Waals surface area contributed by atoms with Crippen molar-refractivity contribution in [2.24, 2.45) is 0 Å². The van der Waals surface area contributed by atoms with Crippen molar-refractivity contribution in [1.29, 1.82) is 5.26 Å². The van der Waals surface area contributed by atoms with Gasteiger partial charge in [0.2, 0.25) is 0 Å². The number of carbonyl (C=O) groups is 1. The van der Waals surface area contributed by atoms with E-state index in [4.69, 9.17) is 11.0 Å². The van der Waals surface area contributed by atoms with Gasteiger partial charge in [-0.15, -0.1) is 0 Å². The molecule has 0 spiro atoms. The van der Waals surface area contributed by atoms with Crippen LogP contribution in [0.5, 0.6) is 0 Å². The Labute approximate surface area is 127 Å². The molecule has 0 aliphatic heterocycles. The predicted molar refractivity (Wildman–Crippen MR) is 85.3 cm³/mol. The molecule has 0 unspecified atom stereocenters. The average molecular weight is 288 g/mol. The summed E-state index contributed by atoms with van der Waals surface area (Å²) in [6, 6.07) is 15.9. The molecule has 1 heterocycles. The molecular weight excluding hydrogens is 276 g/mol. The van der Waals surface area contributed by atoms with Crippen LogP contribution in [0, 0.1) is 11.3 Å². The minimum absolute atomic E-state index is 0.298. The summed E-state index contributed by atoms with van der Waals surface area (Å²) in [5.41, 5.74) is 7.84. The highest BCUT2D eigenvalue weighted by atomic mass is 16.1. The maximum atomic E-state index is 12.4. The van der Waals surface area contributed by atoms with Gasteiger partial charge in [-0.05, 0) is 30.3 Å². The molecule has 0 aliphatic rings. The van der Waals surface area contributed by atoms with E-state index < -0.39 is 0 Å². The number of nitrogens with two attached hydrogens (primary N) is 1. The number of fused-ring (bicyclic) bond motifs is 1. The molecular formula is C17H12N4O. The summed E-state index contributed by atoms with van der Waals surface area (Å²) in [5, 5.41) is 13.1. The fourth-order valence-electron chi connectivity index (χ4n) is 2.27. The summed E-state index contributed by atoms with van der Waals surface area (Å²) < 4.78 is 0. The van der Waals surface area contributed by atoms with Crippen LogP contribution in [0.1, 0.15) is 16.1 Å². The Balaban J connectivity index is 1.99. The van der Waals surface area contributed by atoms with Gasteiger partial charge in [0.25, 0.3) is 5.91 Å². The van der Waals surface area contributed by atoms with Crippen LogP contribution in [0.3, 0.4) is 0 Å². The number of nitriles is 1. The molecule has 1 aromatic heterocycles. The van der Waals surface area contributed by atoms with Crippen molar-refractivity contribution in [3.63, 3.8) is 0 Å². The fraction of sp³-hybridized carbons (Fsp3) is 0. The Hall–Kier alpha value is -3.39. The lowest BCUT2D eigenvalue weighted by Gasteiger charge is -2.08. The minimum Gasteiger partial charge on any atom is -0.398 e. The second-order valence-corrected chi connectivity index (χ2v) is 4.75. The van der Waals surface area contributed by atoms with Crippen LogP contribution >= 0.6 is 0 Å². The molecule has 106 valence electrons. The highest BCUT2D eigenvalue weighted by Gasteiger charge is 2.13. The third-order valence-corrected chi connectivity index (χ3v) is 3.30. The molecule has 0 fully saturated rings. The molecule has 0 saturated carbocycles. The number of nitrogens with one attached hydrogen (secondary N) is 1. The summed E-state index contributed by atoms with van der Waals surface area (Å²) in [4.78, 5) is 16.6. The fourth-order valence-corrected chi connectivity index (χ4v) is 2.27. The van der Waals surface area contributed by atoms with E-state index in [1.807, 2.05) is 6.07 Å². The van der Waals surface area contributed by atoms with Gasteiger partial charge < -0.3 is 11.1 Å². The van der Waals surface area contributed by atoms with E-state index in [0.29, 0.717) is 28.0 Å². The van der Waals surface area contributed by atoms with E-state index in [1.54, 1.807) is 54.7 Å². The van der Waals surface area contributed by atoms with Gasteiger partial charge in [0.15, 0.2) is 0 Å². The van der Waals surface area contributed by atoms with Crippen LogP contribution in [0.2, 0.25) is 0 Å². The summed E-state index contributed by atoms with van der Waals surface area (Å²) in [6.07, 6.45) is 1.55. The third-order valence-electron chi connectivity index (χ3n) is 3.30. The van der Waals surface area contributed by atoms with Crippen LogP contribution in [-0.4, -0.2) is 10.9 Å². The molecule has 0 atom stereocenters. The van der Waals surface area contributed by atoms with E-state index in [0.717, 1.165) is 5.39 Å². The van der Waals surface area contributed by atoms with E-state index >= 15 is 0 Å². The molecule has 1 amide bonds. The van der Waals surface area contributed by atoms with Crippen molar-refractivity contribution in [3.05, 3.63) is 66.0 Å². The van der Waals surface area contributed by atoms with Gasteiger partial charge in [-0.25, -0.2) is 0 Å². The Morgan fingerprint density at radius 3 is 2.77 bits per heavy atom. The van der Waals surface area contributed by atoms with Crippen molar-refractivity contribution < 1.29 is 4.79 Å². The smallest absolute Gasteiger partial charge is 0.274 e. The zero-order valence-corrected chi connectivity index (χ0v) is 11.6. The molecule has 2 aromatic carbocycles. The molecule has 5 nitrogen and oxygen atoms in total.